The molecule has 3 aliphatic rings. The van der Waals surface area contributed by atoms with Crippen LogP contribution in [0.1, 0.15) is 24.0 Å². The zero-order valence-electron chi connectivity index (χ0n) is 18.8. The number of benzene rings is 2. The van der Waals surface area contributed by atoms with Crippen molar-refractivity contribution in [3.8, 4) is 16.9 Å². The maximum Gasteiger partial charge on any atom is 0.282 e. The van der Waals surface area contributed by atoms with Gasteiger partial charge in [-0.15, -0.1) is 0 Å². The minimum atomic E-state index is -3.39. The molecule has 1 aromatic heterocycles. The number of nitrogens with zero attached hydrogens (tertiary/aromatic N) is 4. The van der Waals surface area contributed by atoms with Crippen LogP contribution in [-0.2, 0) is 23.1 Å². The molecule has 6 nitrogen and oxygen atoms in total. The van der Waals surface area contributed by atoms with Gasteiger partial charge in [-0.2, -0.15) is 17.0 Å². The van der Waals surface area contributed by atoms with E-state index >= 15 is 0 Å². The van der Waals surface area contributed by atoms with E-state index in [1.165, 1.54) is 27.6 Å². The second-order valence-electron chi connectivity index (χ2n) is 9.79. The molecule has 1 unspecified atom stereocenters. The Morgan fingerprint density at radius 2 is 1.73 bits per heavy atom. The fourth-order valence-electron chi connectivity index (χ4n) is 6.08. The van der Waals surface area contributed by atoms with E-state index in [1.54, 1.807) is 36.9 Å². The molecule has 1 saturated carbocycles. The molecule has 0 amide bonds. The monoisotopic (exact) mass is 466 g/mol. The first-order chi connectivity index (χ1) is 15.8. The van der Waals surface area contributed by atoms with Crippen molar-refractivity contribution in [3.63, 3.8) is 0 Å². The van der Waals surface area contributed by atoms with E-state index < -0.39 is 10.2 Å². The lowest BCUT2D eigenvalue weighted by Gasteiger charge is -2.24. The van der Waals surface area contributed by atoms with Gasteiger partial charge in [0.25, 0.3) is 10.2 Å². The van der Waals surface area contributed by atoms with E-state index in [0.29, 0.717) is 18.4 Å². The van der Waals surface area contributed by atoms with E-state index in [9.17, 15) is 12.8 Å². The second-order valence-corrected chi connectivity index (χ2v) is 11.9. The average molecular weight is 467 g/mol. The number of hydrogen-bond donors (Lipinski definition) is 0. The zero-order valence-corrected chi connectivity index (χ0v) is 19.6. The van der Waals surface area contributed by atoms with Gasteiger partial charge in [-0.25, -0.2) is 9.37 Å². The van der Waals surface area contributed by atoms with Gasteiger partial charge < -0.3 is 4.57 Å². The van der Waals surface area contributed by atoms with Crippen molar-refractivity contribution in [2.75, 3.05) is 20.6 Å². The summed E-state index contributed by atoms with van der Waals surface area (Å²) in [6, 6.07) is 12.9. The van der Waals surface area contributed by atoms with E-state index in [4.69, 9.17) is 0 Å². The van der Waals surface area contributed by atoms with Gasteiger partial charge in [-0.1, -0.05) is 12.1 Å². The first-order valence-corrected chi connectivity index (χ1v) is 12.8. The molecule has 6 rings (SSSR count). The lowest BCUT2D eigenvalue weighted by atomic mass is 9.87. The van der Waals surface area contributed by atoms with Crippen LogP contribution in [-0.4, -0.2) is 52.8 Å². The fourth-order valence-corrected chi connectivity index (χ4v) is 7.57. The minimum absolute atomic E-state index is 0.216. The van der Waals surface area contributed by atoms with Crippen molar-refractivity contribution >= 4 is 10.2 Å². The van der Waals surface area contributed by atoms with Crippen molar-refractivity contribution in [3.05, 3.63) is 71.9 Å². The maximum atomic E-state index is 13.3. The highest BCUT2D eigenvalue weighted by Gasteiger charge is 2.69. The molecule has 8 heteroatoms. The lowest BCUT2D eigenvalue weighted by molar-refractivity contribution is 0.322. The summed E-state index contributed by atoms with van der Waals surface area (Å²) in [6.07, 6.45) is 7.71. The van der Waals surface area contributed by atoms with Gasteiger partial charge in [-0.05, 0) is 79.0 Å². The molecule has 2 aliphatic carbocycles. The van der Waals surface area contributed by atoms with Gasteiger partial charge in [0.2, 0.25) is 0 Å². The number of rotatable bonds is 4. The molecular weight excluding hydrogens is 439 g/mol. The van der Waals surface area contributed by atoms with Crippen molar-refractivity contribution in [1.82, 2.24) is 18.2 Å². The topological polar surface area (TPSA) is 58.2 Å². The third-order valence-corrected chi connectivity index (χ3v) is 9.87. The Balaban J connectivity index is 1.30. The van der Waals surface area contributed by atoms with E-state index in [2.05, 4.69) is 23.2 Å². The Bertz CT molecular complexity index is 1330. The van der Waals surface area contributed by atoms with Crippen molar-refractivity contribution in [2.24, 2.45) is 11.8 Å². The van der Waals surface area contributed by atoms with E-state index in [1.807, 2.05) is 10.8 Å². The Kier molecular flexibility index (Phi) is 4.60. The van der Waals surface area contributed by atoms with Crippen LogP contribution in [0.3, 0.4) is 0 Å². The summed E-state index contributed by atoms with van der Waals surface area (Å²) in [5, 5.41) is 0. The molecule has 1 saturated heterocycles. The highest BCUT2D eigenvalue weighted by Crippen LogP contribution is 2.59. The molecular formula is C25H27FN4O2S. The summed E-state index contributed by atoms with van der Waals surface area (Å²) in [5.41, 5.74) is 5.21. The predicted molar refractivity (Wildman–Crippen MR) is 125 cm³/mol. The molecule has 0 N–H and O–H groups in total. The smallest absolute Gasteiger partial charge is 0.282 e. The maximum absolute atomic E-state index is 13.3. The number of halogens is 1. The second kappa shape index (κ2) is 7.22. The first-order valence-electron chi connectivity index (χ1n) is 11.4. The van der Waals surface area contributed by atoms with Gasteiger partial charge >= 0.3 is 0 Å². The molecule has 1 spiro atoms. The molecule has 1 aliphatic heterocycles. The summed E-state index contributed by atoms with van der Waals surface area (Å²) in [4.78, 5) is 4.59. The summed E-state index contributed by atoms with van der Waals surface area (Å²) < 4.78 is 44.0. The van der Waals surface area contributed by atoms with Crippen LogP contribution in [0, 0.1) is 17.7 Å². The van der Waals surface area contributed by atoms with Crippen LogP contribution in [0.25, 0.3) is 16.9 Å². The van der Waals surface area contributed by atoms with Gasteiger partial charge in [0.1, 0.15) is 5.82 Å². The Morgan fingerprint density at radius 1 is 1.03 bits per heavy atom. The number of hydrogen-bond acceptors (Lipinski definition) is 3. The third kappa shape index (κ3) is 3.19. The SMILES string of the molecule is CN(C)S(=O)(=O)N1C[C@]12[C@@H]1CC[C@H]2Cc2cc(-c3cn(-c4ccc(F)cc4)cn3)ccc2C1. The summed E-state index contributed by atoms with van der Waals surface area (Å²) in [6.45, 7) is 0.645. The van der Waals surface area contributed by atoms with Crippen LogP contribution in [0.15, 0.2) is 55.0 Å². The summed E-state index contributed by atoms with van der Waals surface area (Å²) in [5.74, 6) is 0.469. The van der Waals surface area contributed by atoms with Crippen LogP contribution in [0.5, 0.6) is 0 Å². The Morgan fingerprint density at radius 3 is 2.42 bits per heavy atom. The highest BCUT2D eigenvalue weighted by molar-refractivity contribution is 7.87. The Labute approximate surface area is 193 Å². The Hall–Kier alpha value is -2.55. The molecule has 0 radical (unpaired) electrons. The van der Waals surface area contributed by atoms with Gasteiger partial charge in [-0.3, -0.25) is 0 Å². The quantitative estimate of drug-likeness (QED) is 0.552. The predicted octanol–water partition coefficient (Wildman–Crippen LogP) is 3.66. The minimum Gasteiger partial charge on any atom is -0.306 e. The number of aromatic nitrogens is 2. The highest BCUT2D eigenvalue weighted by atomic mass is 32.2. The van der Waals surface area contributed by atoms with Crippen LogP contribution in [0.2, 0.25) is 0 Å². The fraction of sp³-hybridized carbons (Fsp3) is 0.400. The molecule has 2 aromatic carbocycles. The molecule has 3 aromatic rings. The van der Waals surface area contributed by atoms with Crippen molar-refractivity contribution in [2.45, 2.75) is 31.2 Å². The van der Waals surface area contributed by atoms with Crippen molar-refractivity contribution < 1.29 is 12.8 Å². The molecule has 2 heterocycles. The summed E-state index contributed by atoms with van der Waals surface area (Å²) >= 11 is 0. The molecule has 4 atom stereocenters. The number of fused-ring (bicyclic) bond motifs is 1. The molecule has 2 bridgehead atoms. The first kappa shape index (κ1) is 21.0. The van der Waals surface area contributed by atoms with Gasteiger partial charge in [0, 0.05) is 38.1 Å². The van der Waals surface area contributed by atoms with E-state index in [-0.39, 0.29) is 11.4 Å². The van der Waals surface area contributed by atoms with Crippen LogP contribution >= 0.6 is 0 Å². The van der Waals surface area contributed by atoms with Crippen LogP contribution < -0.4 is 0 Å². The number of imidazole rings is 1. The largest absolute Gasteiger partial charge is 0.306 e. The molecule has 33 heavy (non-hydrogen) atoms. The van der Waals surface area contributed by atoms with Gasteiger partial charge in [0.05, 0.1) is 17.6 Å². The van der Waals surface area contributed by atoms with Crippen LogP contribution in [0.4, 0.5) is 4.39 Å². The average Bonchev–Trinajstić information content (AvgIpc) is 3.24. The normalized spacial score (nSPS) is 28.2. The van der Waals surface area contributed by atoms with Gasteiger partial charge in [0.15, 0.2) is 0 Å². The zero-order chi connectivity index (χ0) is 23.0. The third-order valence-electron chi connectivity index (χ3n) is 7.92. The molecule has 2 fully saturated rings. The van der Waals surface area contributed by atoms with Crippen molar-refractivity contribution in [1.29, 1.82) is 0 Å². The van der Waals surface area contributed by atoms with E-state index in [0.717, 1.165) is 42.6 Å². The molecule has 172 valence electrons. The lowest BCUT2D eigenvalue weighted by Crippen LogP contribution is -2.38. The summed E-state index contributed by atoms with van der Waals surface area (Å²) in [7, 11) is -0.154. The standard InChI is InChI=1S/C25H27FN4O2S/c1-28(2)33(31,32)30-15-25(30)20-5-6-21(25)13-19-11-18(4-3-17(19)12-20)24-14-29(16-27-24)23-9-7-22(26)8-10-23/h3-4,7-11,14,16,20-21H,5-6,12-13,15H2,1-2H3/t20-,21+,25-,30?/m1/s1.